The molecule has 3 aromatic rings. The van der Waals surface area contributed by atoms with Crippen molar-refractivity contribution in [3.05, 3.63) is 59.2 Å². The highest BCUT2D eigenvalue weighted by molar-refractivity contribution is 7.99. The number of thioether (sulfide) groups is 1. The number of carbonyl (C=O) groups is 1. The number of amides is 1. The Morgan fingerprint density at radius 2 is 1.83 bits per heavy atom. The summed E-state index contributed by atoms with van der Waals surface area (Å²) in [6.07, 6.45) is 0.790. The standard InChI is InChI=1S/C21H23N5O3S/c1-28-18-10-16-8-9-25(13-17(16)11-19(18)29-2)20(27)14-30-21-22-23-24-26(21)12-15-6-4-3-5-7-15/h3-7,10-11H,8-9,12-14H2,1-2H3. The summed E-state index contributed by atoms with van der Waals surface area (Å²) in [5.74, 6) is 1.75. The van der Waals surface area contributed by atoms with Crippen LogP contribution in [0, 0.1) is 0 Å². The highest BCUT2D eigenvalue weighted by Crippen LogP contribution is 2.33. The van der Waals surface area contributed by atoms with Gasteiger partial charge in [-0.15, -0.1) is 5.10 Å². The summed E-state index contributed by atoms with van der Waals surface area (Å²) in [4.78, 5) is 14.7. The van der Waals surface area contributed by atoms with E-state index in [1.54, 1.807) is 18.9 Å². The molecule has 2 heterocycles. The van der Waals surface area contributed by atoms with Gasteiger partial charge in [-0.2, -0.15) is 0 Å². The van der Waals surface area contributed by atoms with Crippen LogP contribution in [0.3, 0.4) is 0 Å². The summed E-state index contributed by atoms with van der Waals surface area (Å²) in [6.45, 7) is 1.81. The highest BCUT2D eigenvalue weighted by Gasteiger charge is 2.23. The predicted octanol–water partition coefficient (Wildman–Crippen LogP) is 2.42. The molecule has 0 saturated heterocycles. The van der Waals surface area contributed by atoms with Crippen molar-refractivity contribution < 1.29 is 14.3 Å². The molecular formula is C21H23N5O3S. The van der Waals surface area contributed by atoms with Crippen molar-refractivity contribution in [3.63, 3.8) is 0 Å². The fourth-order valence-electron chi connectivity index (χ4n) is 3.47. The van der Waals surface area contributed by atoms with Crippen LogP contribution in [-0.2, 0) is 24.3 Å². The van der Waals surface area contributed by atoms with E-state index >= 15 is 0 Å². The first-order valence-corrected chi connectivity index (χ1v) is 10.6. The number of tetrazole rings is 1. The van der Waals surface area contributed by atoms with Gasteiger partial charge < -0.3 is 14.4 Å². The molecule has 1 amide bonds. The molecule has 9 heteroatoms. The van der Waals surface area contributed by atoms with Gasteiger partial charge in [-0.3, -0.25) is 4.79 Å². The van der Waals surface area contributed by atoms with Crippen molar-refractivity contribution in [1.29, 1.82) is 0 Å². The van der Waals surface area contributed by atoms with Crippen LogP contribution in [0.5, 0.6) is 11.5 Å². The summed E-state index contributed by atoms with van der Waals surface area (Å²) >= 11 is 1.36. The van der Waals surface area contributed by atoms with E-state index in [2.05, 4.69) is 15.5 Å². The van der Waals surface area contributed by atoms with E-state index in [4.69, 9.17) is 9.47 Å². The zero-order valence-electron chi connectivity index (χ0n) is 16.9. The zero-order valence-corrected chi connectivity index (χ0v) is 17.8. The SMILES string of the molecule is COc1cc2c(cc1OC)CN(C(=O)CSc1nnnn1Cc1ccccc1)CC2. The smallest absolute Gasteiger partial charge is 0.233 e. The van der Waals surface area contributed by atoms with E-state index < -0.39 is 0 Å². The lowest BCUT2D eigenvalue weighted by Gasteiger charge is -2.29. The Balaban J connectivity index is 1.39. The molecule has 1 aromatic heterocycles. The molecule has 1 aliphatic heterocycles. The largest absolute Gasteiger partial charge is 0.493 e. The highest BCUT2D eigenvalue weighted by atomic mass is 32.2. The van der Waals surface area contributed by atoms with Crippen molar-refractivity contribution in [2.45, 2.75) is 24.7 Å². The molecule has 0 atom stereocenters. The Kier molecular flexibility index (Phi) is 6.18. The van der Waals surface area contributed by atoms with Gasteiger partial charge in [-0.05, 0) is 45.7 Å². The number of nitrogens with zero attached hydrogens (tertiary/aromatic N) is 5. The minimum absolute atomic E-state index is 0.0645. The second kappa shape index (κ2) is 9.17. The number of methoxy groups -OCH3 is 2. The van der Waals surface area contributed by atoms with Gasteiger partial charge in [0.1, 0.15) is 0 Å². The van der Waals surface area contributed by atoms with Crippen LogP contribution < -0.4 is 9.47 Å². The van der Waals surface area contributed by atoms with Crippen molar-refractivity contribution >= 4 is 17.7 Å². The minimum atomic E-state index is 0.0645. The average Bonchev–Trinajstić information content (AvgIpc) is 3.23. The number of carbonyl (C=O) groups excluding carboxylic acids is 1. The first kappa shape index (κ1) is 20.2. The van der Waals surface area contributed by atoms with Crippen LogP contribution in [-0.4, -0.2) is 57.5 Å². The predicted molar refractivity (Wildman–Crippen MR) is 113 cm³/mol. The van der Waals surface area contributed by atoms with Gasteiger partial charge in [0.05, 0.1) is 26.5 Å². The Bertz CT molecular complexity index is 1020. The number of aromatic nitrogens is 4. The fraction of sp³-hybridized carbons (Fsp3) is 0.333. The molecule has 0 N–H and O–H groups in total. The van der Waals surface area contributed by atoms with Crippen molar-refractivity contribution in [2.24, 2.45) is 0 Å². The molecule has 0 radical (unpaired) electrons. The van der Waals surface area contributed by atoms with Crippen LogP contribution >= 0.6 is 11.8 Å². The topological polar surface area (TPSA) is 82.4 Å². The van der Waals surface area contributed by atoms with E-state index in [9.17, 15) is 4.79 Å². The maximum Gasteiger partial charge on any atom is 0.233 e. The van der Waals surface area contributed by atoms with E-state index in [0.717, 1.165) is 23.3 Å². The minimum Gasteiger partial charge on any atom is -0.493 e. The molecule has 0 unspecified atom stereocenters. The van der Waals surface area contributed by atoms with Gasteiger partial charge in [0.2, 0.25) is 11.1 Å². The second-order valence-corrected chi connectivity index (χ2v) is 7.88. The van der Waals surface area contributed by atoms with Crippen molar-refractivity contribution in [1.82, 2.24) is 25.1 Å². The molecule has 1 aliphatic rings. The molecule has 8 nitrogen and oxygen atoms in total. The molecule has 0 aliphatic carbocycles. The third kappa shape index (κ3) is 4.40. The number of fused-ring (bicyclic) bond motifs is 1. The Labute approximate surface area is 179 Å². The molecule has 0 bridgehead atoms. The molecule has 0 saturated carbocycles. The molecule has 2 aromatic carbocycles. The fourth-order valence-corrected chi connectivity index (χ4v) is 4.25. The number of benzene rings is 2. The number of hydrogen-bond acceptors (Lipinski definition) is 7. The second-order valence-electron chi connectivity index (χ2n) is 6.93. The maximum atomic E-state index is 12.8. The molecular weight excluding hydrogens is 402 g/mol. The monoisotopic (exact) mass is 425 g/mol. The van der Waals surface area contributed by atoms with E-state index in [1.807, 2.05) is 47.4 Å². The average molecular weight is 426 g/mol. The van der Waals surface area contributed by atoms with Crippen LogP contribution in [0.25, 0.3) is 0 Å². The van der Waals surface area contributed by atoms with Crippen LogP contribution in [0.2, 0.25) is 0 Å². The van der Waals surface area contributed by atoms with Crippen LogP contribution in [0.15, 0.2) is 47.6 Å². The Hall–Kier alpha value is -3.07. The Morgan fingerprint density at radius 3 is 2.57 bits per heavy atom. The van der Waals surface area contributed by atoms with Crippen molar-refractivity contribution in [2.75, 3.05) is 26.5 Å². The summed E-state index contributed by atoms with van der Waals surface area (Å²) in [6, 6.07) is 13.9. The lowest BCUT2D eigenvalue weighted by Crippen LogP contribution is -2.37. The number of ether oxygens (including phenoxy) is 2. The van der Waals surface area contributed by atoms with Crippen molar-refractivity contribution in [3.8, 4) is 11.5 Å². The number of rotatable bonds is 7. The molecule has 0 spiro atoms. The van der Waals surface area contributed by atoms with Gasteiger partial charge >= 0.3 is 0 Å². The quantitative estimate of drug-likeness (QED) is 0.538. The van der Waals surface area contributed by atoms with E-state index in [0.29, 0.717) is 30.5 Å². The summed E-state index contributed by atoms with van der Waals surface area (Å²) in [5.41, 5.74) is 3.39. The summed E-state index contributed by atoms with van der Waals surface area (Å²) < 4.78 is 12.5. The zero-order chi connectivity index (χ0) is 20.9. The van der Waals surface area contributed by atoms with Gasteiger partial charge in [-0.1, -0.05) is 42.1 Å². The third-order valence-electron chi connectivity index (χ3n) is 5.07. The Morgan fingerprint density at radius 1 is 1.10 bits per heavy atom. The first-order chi connectivity index (χ1) is 14.7. The van der Waals surface area contributed by atoms with Gasteiger partial charge in [0.25, 0.3) is 0 Å². The first-order valence-electron chi connectivity index (χ1n) is 9.62. The maximum absolute atomic E-state index is 12.8. The molecule has 0 fully saturated rings. The molecule has 30 heavy (non-hydrogen) atoms. The van der Waals surface area contributed by atoms with Gasteiger partial charge in [-0.25, -0.2) is 4.68 Å². The van der Waals surface area contributed by atoms with Gasteiger partial charge in [0.15, 0.2) is 11.5 Å². The number of hydrogen-bond donors (Lipinski definition) is 0. The van der Waals surface area contributed by atoms with E-state index in [1.165, 1.54) is 17.3 Å². The van der Waals surface area contributed by atoms with E-state index in [-0.39, 0.29) is 11.7 Å². The lowest BCUT2D eigenvalue weighted by atomic mass is 9.99. The summed E-state index contributed by atoms with van der Waals surface area (Å²) in [7, 11) is 3.25. The normalized spacial score (nSPS) is 13.1. The third-order valence-corrected chi connectivity index (χ3v) is 6.01. The van der Waals surface area contributed by atoms with Crippen LogP contribution in [0.4, 0.5) is 0 Å². The summed E-state index contributed by atoms with van der Waals surface area (Å²) in [5, 5.41) is 12.5. The molecule has 4 rings (SSSR count). The van der Waals surface area contributed by atoms with Gasteiger partial charge in [0, 0.05) is 13.1 Å². The lowest BCUT2D eigenvalue weighted by molar-refractivity contribution is -0.129. The van der Waals surface area contributed by atoms with Crippen LogP contribution in [0.1, 0.15) is 16.7 Å². The molecule has 156 valence electrons.